The van der Waals surface area contributed by atoms with E-state index in [9.17, 15) is 9.59 Å². The van der Waals surface area contributed by atoms with Crippen molar-refractivity contribution in [2.75, 3.05) is 25.5 Å². The minimum atomic E-state index is -0.150. The largest absolute Gasteiger partial charge is 0.345 e. The van der Waals surface area contributed by atoms with Gasteiger partial charge >= 0.3 is 0 Å². The first-order valence-corrected chi connectivity index (χ1v) is 7.15. The van der Waals surface area contributed by atoms with Crippen molar-refractivity contribution in [2.45, 2.75) is 11.2 Å². The molecule has 1 unspecified atom stereocenters. The summed E-state index contributed by atoms with van der Waals surface area (Å²) in [6, 6.07) is 5.08. The third kappa shape index (κ3) is 2.92. The van der Waals surface area contributed by atoms with Gasteiger partial charge in [-0.2, -0.15) is 0 Å². The third-order valence-corrected chi connectivity index (χ3v) is 3.90. The molecule has 1 saturated heterocycles. The van der Waals surface area contributed by atoms with Gasteiger partial charge in [0.15, 0.2) is 0 Å². The summed E-state index contributed by atoms with van der Waals surface area (Å²) < 4.78 is 0. The van der Waals surface area contributed by atoms with E-state index in [0.29, 0.717) is 23.6 Å². The Hall–Kier alpha value is -1.07. The second kappa shape index (κ2) is 5.51. The minimum absolute atomic E-state index is 0.0598. The smallest absolute Gasteiger partial charge is 0.254 e. The van der Waals surface area contributed by atoms with Gasteiger partial charge in [-0.3, -0.25) is 9.59 Å². The Bertz CT molecular complexity index is 533. The molecule has 0 radical (unpaired) electrons. The molecule has 0 spiro atoms. The number of carbonyl (C=O) groups is 2. The van der Waals surface area contributed by atoms with Crippen molar-refractivity contribution in [2.24, 2.45) is 0 Å². The lowest BCUT2D eigenvalue weighted by molar-refractivity contribution is -0.117. The number of nitrogens with zero attached hydrogens (tertiary/aromatic N) is 2. The van der Waals surface area contributed by atoms with Crippen molar-refractivity contribution in [1.82, 2.24) is 4.90 Å². The Kier molecular flexibility index (Phi) is 4.16. The summed E-state index contributed by atoms with van der Waals surface area (Å²) in [6.07, 6.45) is 0.482. The van der Waals surface area contributed by atoms with Gasteiger partial charge in [0.05, 0.1) is 10.6 Å². The first-order chi connectivity index (χ1) is 8.90. The molecule has 2 amide bonds. The maximum atomic E-state index is 11.9. The predicted molar refractivity (Wildman–Crippen MR) is 79.2 cm³/mol. The lowest BCUT2D eigenvalue weighted by Crippen LogP contribution is -2.25. The van der Waals surface area contributed by atoms with E-state index in [1.165, 1.54) is 4.90 Å². The van der Waals surface area contributed by atoms with Gasteiger partial charge in [0.1, 0.15) is 0 Å². The number of amides is 2. The van der Waals surface area contributed by atoms with Gasteiger partial charge in [-0.05, 0) is 18.2 Å². The van der Waals surface area contributed by atoms with E-state index in [2.05, 4.69) is 15.9 Å². The van der Waals surface area contributed by atoms with Crippen molar-refractivity contribution in [3.8, 4) is 0 Å². The standard InChI is InChI=1S/C13H14BrClN2O2/c1-16(2)13(19)10-4-3-9(6-11(10)15)17-7-8(14)5-12(17)18/h3-4,6,8H,5,7H2,1-2H3. The van der Waals surface area contributed by atoms with Crippen LogP contribution in [0.2, 0.25) is 5.02 Å². The Balaban J connectivity index is 2.29. The highest BCUT2D eigenvalue weighted by molar-refractivity contribution is 9.09. The second-order valence-corrected chi connectivity index (χ2v) is 6.37. The summed E-state index contributed by atoms with van der Waals surface area (Å²) in [7, 11) is 3.35. The Morgan fingerprint density at radius 3 is 2.63 bits per heavy atom. The second-order valence-electron chi connectivity index (χ2n) is 4.67. The highest BCUT2D eigenvalue weighted by atomic mass is 79.9. The Morgan fingerprint density at radius 2 is 2.16 bits per heavy atom. The van der Waals surface area contributed by atoms with E-state index >= 15 is 0 Å². The summed E-state index contributed by atoms with van der Waals surface area (Å²) in [6.45, 7) is 0.621. The molecule has 0 N–H and O–H groups in total. The molecule has 1 atom stereocenters. The first-order valence-electron chi connectivity index (χ1n) is 5.86. The Morgan fingerprint density at radius 1 is 1.47 bits per heavy atom. The summed E-state index contributed by atoms with van der Waals surface area (Å²) in [4.78, 5) is 27.0. The van der Waals surface area contributed by atoms with Crippen molar-refractivity contribution in [1.29, 1.82) is 0 Å². The zero-order valence-corrected chi connectivity index (χ0v) is 13.0. The SMILES string of the molecule is CN(C)C(=O)c1ccc(N2CC(Br)CC2=O)cc1Cl. The summed E-state index contributed by atoms with van der Waals surface area (Å²) >= 11 is 9.57. The summed E-state index contributed by atoms with van der Waals surface area (Å²) in [5.41, 5.74) is 1.17. The van der Waals surface area contributed by atoms with Gasteiger partial charge in [-0.1, -0.05) is 27.5 Å². The van der Waals surface area contributed by atoms with Crippen LogP contribution in [0.3, 0.4) is 0 Å². The average Bonchev–Trinajstić information content (AvgIpc) is 2.67. The number of carbonyl (C=O) groups excluding carboxylic acids is 2. The number of rotatable bonds is 2. The third-order valence-electron chi connectivity index (χ3n) is 2.98. The van der Waals surface area contributed by atoms with Crippen LogP contribution in [0.15, 0.2) is 18.2 Å². The first kappa shape index (κ1) is 14.3. The fourth-order valence-corrected chi connectivity index (χ4v) is 2.82. The van der Waals surface area contributed by atoms with E-state index in [1.807, 2.05) is 0 Å². The molecule has 0 aromatic heterocycles. The van der Waals surface area contributed by atoms with E-state index in [4.69, 9.17) is 11.6 Å². The van der Waals surface area contributed by atoms with Gasteiger partial charge in [-0.25, -0.2) is 0 Å². The van der Waals surface area contributed by atoms with E-state index in [1.54, 1.807) is 37.2 Å². The molecule has 0 bridgehead atoms. The Labute approximate surface area is 125 Å². The summed E-state index contributed by atoms with van der Waals surface area (Å²) in [5.74, 6) is -0.0905. The van der Waals surface area contributed by atoms with Gasteiger partial charge in [-0.15, -0.1) is 0 Å². The fourth-order valence-electron chi connectivity index (χ4n) is 2.00. The molecule has 1 aliphatic heterocycles. The molecule has 1 heterocycles. The molecule has 102 valence electrons. The molecule has 2 rings (SSSR count). The lowest BCUT2D eigenvalue weighted by atomic mass is 10.1. The van der Waals surface area contributed by atoms with Crippen LogP contribution in [-0.4, -0.2) is 42.2 Å². The lowest BCUT2D eigenvalue weighted by Gasteiger charge is -2.18. The topological polar surface area (TPSA) is 40.6 Å². The average molecular weight is 346 g/mol. The van der Waals surface area contributed by atoms with E-state index in [0.717, 1.165) is 5.69 Å². The van der Waals surface area contributed by atoms with E-state index < -0.39 is 0 Å². The van der Waals surface area contributed by atoms with Gasteiger partial charge in [0, 0.05) is 37.6 Å². The van der Waals surface area contributed by atoms with Gasteiger partial charge in [0.2, 0.25) is 5.91 Å². The van der Waals surface area contributed by atoms with Crippen molar-refractivity contribution in [3.05, 3.63) is 28.8 Å². The molecule has 4 nitrogen and oxygen atoms in total. The van der Waals surface area contributed by atoms with Crippen LogP contribution in [0, 0.1) is 0 Å². The monoisotopic (exact) mass is 344 g/mol. The molecule has 1 aromatic rings. The molecular weight excluding hydrogens is 332 g/mol. The van der Waals surface area contributed by atoms with Crippen molar-refractivity contribution >= 4 is 45.0 Å². The molecule has 1 aromatic carbocycles. The number of halogens is 2. The normalized spacial score (nSPS) is 18.8. The molecule has 0 aliphatic carbocycles. The van der Waals surface area contributed by atoms with Gasteiger partial charge in [0.25, 0.3) is 5.91 Å². The number of anilines is 1. The highest BCUT2D eigenvalue weighted by Crippen LogP contribution is 2.29. The van der Waals surface area contributed by atoms with E-state index in [-0.39, 0.29) is 16.6 Å². The maximum Gasteiger partial charge on any atom is 0.254 e. The highest BCUT2D eigenvalue weighted by Gasteiger charge is 2.29. The fraction of sp³-hybridized carbons (Fsp3) is 0.385. The van der Waals surface area contributed by atoms with Crippen molar-refractivity contribution < 1.29 is 9.59 Å². The van der Waals surface area contributed by atoms with Crippen LogP contribution in [0.1, 0.15) is 16.8 Å². The van der Waals surface area contributed by atoms with Crippen molar-refractivity contribution in [3.63, 3.8) is 0 Å². The van der Waals surface area contributed by atoms with Crippen LogP contribution in [-0.2, 0) is 4.79 Å². The zero-order chi connectivity index (χ0) is 14.2. The molecule has 1 fully saturated rings. The number of alkyl halides is 1. The zero-order valence-electron chi connectivity index (χ0n) is 10.7. The quantitative estimate of drug-likeness (QED) is 0.773. The molecule has 1 aliphatic rings. The minimum Gasteiger partial charge on any atom is -0.345 e. The summed E-state index contributed by atoms with van der Waals surface area (Å²) in [5, 5.41) is 0.363. The number of hydrogen-bond acceptors (Lipinski definition) is 2. The molecule has 6 heteroatoms. The van der Waals surface area contributed by atoms with Crippen LogP contribution in [0.4, 0.5) is 5.69 Å². The number of benzene rings is 1. The van der Waals surface area contributed by atoms with Crippen LogP contribution < -0.4 is 4.90 Å². The molecular formula is C13H14BrClN2O2. The van der Waals surface area contributed by atoms with Crippen LogP contribution in [0.5, 0.6) is 0 Å². The van der Waals surface area contributed by atoms with Crippen LogP contribution >= 0.6 is 27.5 Å². The van der Waals surface area contributed by atoms with Gasteiger partial charge < -0.3 is 9.80 Å². The van der Waals surface area contributed by atoms with Crippen LogP contribution in [0.25, 0.3) is 0 Å². The molecule has 19 heavy (non-hydrogen) atoms. The number of hydrogen-bond donors (Lipinski definition) is 0. The molecule has 0 saturated carbocycles. The predicted octanol–water partition coefficient (Wildman–Crippen LogP) is 2.54. The maximum absolute atomic E-state index is 11.9.